The van der Waals surface area contributed by atoms with Gasteiger partial charge >= 0.3 is 0 Å². The summed E-state index contributed by atoms with van der Waals surface area (Å²) in [5, 5.41) is 3.48. The molecule has 0 saturated heterocycles. The average Bonchev–Trinajstić information content (AvgIpc) is 2.87. The normalized spacial score (nSPS) is 10.5. The minimum absolute atomic E-state index is 0.118. The fourth-order valence-electron chi connectivity index (χ4n) is 1.80. The molecule has 1 heterocycles. The van der Waals surface area contributed by atoms with Crippen LogP contribution in [0.25, 0.3) is 0 Å². The molecule has 0 unspecified atom stereocenters. The van der Waals surface area contributed by atoms with Crippen LogP contribution >= 0.6 is 11.3 Å². The molecule has 106 valence electrons. The monoisotopic (exact) mass is 289 g/mol. The number of anilines is 1. The number of hydrogen-bond acceptors (Lipinski definition) is 4. The number of thiazole rings is 1. The Bertz CT molecular complexity index is 563. The van der Waals surface area contributed by atoms with Gasteiger partial charge in [0.05, 0.1) is 0 Å². The third-order valence-electron chi connectivity index (χ3n) is 2.97. The van der Waals surface area contributed by atoms with Crippen molar-refractivity contribution in [3.05, 3.63) is 46.5 Å². The summed E-state index contributed by atoms with van der Waals surface area (Å²) < 4.78 is 0. The number of carbonyl (C=O) groups excluding carboxylic acids is 1. The molecule has 5 heteroatoms. The summed E-state index contributed by atoms with van der Waals surface area (Å²) in [6.07, 6.45) is 4.87. The Labute approximate surface area is 123 Å². The lowest BCUT2D eigenvalue weighted by atomic mass is 10.1. The lowest BCUT2D eigenvalue weighted by molar-refractivity contribution is 0.102. The van der Waals surface area contributed by atoms with Gasteiger partial charge in [-0.1, -0.05) is 17.7 Å². The quantitative estimate of drug-likeness (QED) is 0.803. The third-order valence-corrected chi connectivity index (χ3v) is 3.94. The molecule has 0 atom stereocenters. The van der Waals surface area contributed by atoms with Crippen LogP contribution < -0.4 is 11.1 Å². The molecular formula is C15H19N3OS. The number of aromatic nitrogens is 1. The number of carbonyl (C=O) groups is 1. The van der Waals surface area contributed by atoms with Crippen molar-refractivity contribution < 1.29 is 4.79 Å². The molecule has 4 nitrogen and oxygen atoms in total. The van der Waals surface area contributed by atoms with E-state index in [9.17, 15) is 4.79 Å². The SMILES string of the molecule is Cc1ccc(C(=O)Nc2ncc(CCCCN)s2)cc1. The van der Waals surface area contributed by atoms with Gasteiger partial charge in [0.2, 0.25) is 0 Å². The van der Waals surface area contributed by atoms with Crippen LogP contribution in [0.5, 0.6) is 0 Å². The van der Waals surface area contributed by atoms with Crippen LogP contribution in [-0.2, 0) is 6.42 Å². The minimum atomic E-state index is -0.118. The first-order valence-corrected chi connectivity index (χ1v) is 7.53. The van der Waals surface area contributed by atoms with E-state index in [-0.39, 0.29) is 5.91 Å². The van der Waals surface area contributed by atoms with Gasteiger partial charge in [-0.2, -0.15) is 0 Å². The van der Waals surface area contributed by atoms with E-state index in [1.54, 1.807) is 0 Å². The summed E-state index contributed by atoms with van der Waals surface area (Å²) in [4.78, 5) is 17.4. The molecule has 0 saturated carbocycles. The lowest BCUT2D eigenvalue weighted by Crippen LogP contribution is -2.11. The van der Waals surface area contributed by atoms with E-state index < -0.39 is 0 Å². The number of aryl methyl sites for hydroxylation is 2. The van der Waals surface area contributed by atoms with Crippen molar-refractivity contribution in [2.24, 2.45) is 5.73 Å². The molecule has 3 N–H and O–H groups in total. The van der Waals surface area contributed by atoms with Gasteiger partial charge in [0.15, 0.2) is 5.13 Å². The van der Waals surface area contributed by atoms with Crippen LogP contribution in [0.2, 0.25) is 0 Å². The van der Waals surface area contributed by atoms with Gasteiger partial charge in [-0.25, -0.2) is 4.98 Å². The standard InChI is InChI=1S/C15H19N3OS/c1-11-5-7-12(8-6-11)14(19)18-15-17-10-13(20-15)4-2-3-9-16/h5-8,10H,2-4,9,16H2,1H3,(H,17,18,19). The Morgan fingerprint density at radius 2 is 2.05 bits per heavy atom. The van der Waals surface area contributed by atoms with E-state index in [0.29, 0.717) is 10.7 Å². The Kier molecular flexibility index (Phi) is 5.26. The van der Waals surface area contributed by atoms with Crippen molar-refractivity contribution in [2.45, 2.75) is 26.2 Å². The smallest absolute Gasteiger partial charge is 0.257 e. The highest BCUT2D eigenvalue weighted by Crippen LogP contribution is 2.20. The first-order chi connectivity index (χ1) is 9.69. The molecule has 1 aromatic carbocycles. The molecule has 1 aromatic heterocycles. The molecule has 0 fully saturated rings. The zero-order chi connectivity index (χ0) is 14.4. The summed E-state index contributed by atoms with van der Waals surface area (Å²) in [5.41, 5.74) is 7.26. The summed E-state index contributed by atoms with van der Waals surface area (Å²) >= 11 is 1.53. The summed E-state index contributed by atoms with van der Waals surface area (Å²) in [6, 6.07) is 7.49. The number of hydrogen-bond donors (Lipinski definition) is 2. The Morgan fingerprint density at radius 1 is 1.30 bits per heavy atom. The number of nitrogens with zero attached hydrogens (tertiary/aromatic N) is 1. The van der Waals surface area contributed by atoms with Crippen molar-refractivity contribution in [2.75, 3.05) is 11.9 Å². The number of unbranched alkanes of at least 4 members (excludes halogenated alkanes) is 1. The molecule has 1 amide bonds. The number of benzene rings is 1. The largest absolute Gasteiger partial charge is 0.330 e. The maximum Gasteiger partial charge on any atom is 0.257 e. The molecule has 0 bridgehead atoms. The number of amides is 1. The predicted molar refractivity (Wildman–Crippen MR) is 83.2 cm³/mol. The molecule has 2 rings (SSSR count). The lowest BCUT2D eigenvalue weighted by Gasteiger charge is -2.01. The zero-order valence-corrected chi connectivity index (χ0v) is 12.4. The number of nitrogens with one attached hydrogen (secondary N) is 1. The fourth-order valence-corrected chi connectivity index (χ4v) is 2.65. The van der Waals surface area contributed by atoms with E-state index in [0.717, 1.165) is 31.4 Å². The summed E-state index contributed by atoms with van der Waals surface area (Å²) in [6.45, 7) is 2.71. The van der Waals surface area contributed by atoms with E-state index in [4.69, 9.17) is 5.73 Å². The van der Waals surface area contributed by atoms with Crippen molar-refractivity contribution in [1.29, 1.82) is 0 Å². The van der Waals surface area contributed by atoms with Crippen LogP contribution in [0.1, 0.15) is 33.6 Å². The highest BCUT2D eigenvalue weighted by atomic mass is 32.1. The molecule has 0 spiro atoms. The highest BCUT2D eigenvalue weighted by Gasteiger charge is 2.08. The predicted octanol–water partition coefficient (Wildman–Crippen LogP) is 2.99. The van der Waals surface area contributed by atoms with Crippen LogP contribution in [0.3, 0.4) is 0 Å². The van der Waals surface area contributed by atoms with E-state index in [2.05, 4.69) is 10.3 Å². The van der Waals surface area contributed by atoms with Gasteiger partial charge in [-0.05, 0) is 44.9 Å². The first kappa shape index (κ1) is 14.7. The van der Waals surface area contributed by atoms with Crippen molar-refractivity contribution in [3.8, 4) is 0 Å². The Balaban J connectivity index is 1.92. The highest BCUT2D eigenvalue weighted by molar-refractivity contribution is 7.15. The second-order valence-electron chi connectivity index (χ2n) is 4.70. The third kappa shape index (κ3) is 4.15. The summed E-state index contributed by atoms with van der Waals surface area (Å²) in [5.74, 6) is -0.118. The minimum Gasteiger partial charge on any atom is -0.330 e. The second-order valence-corrected chi connectivity index (χ2v) is 5.81. The molecule has 0 aliphatic carbocycles. The number of nitrogens with two attached hydrogens (primary N) is 1. The molecule has 0 aliphatic heterocycles. The molecule has 0 aliphatic rings. The summed E-state index contributed by atoms with van der Waals surface area (Å²) in [7, 11) is 0. The van der Waals surface area contributed by atoms with Gasteiger partial charge in [-0.15, -0.1) is 11.3 Å². The van der Waals surface area contributed by atoms with E-state index >= 15 is 0 Å². The van der Waals surface area contributed by atoms with Gasteiger partial charge < -0.3 is 5.73 Å². The molecule has 2 aromatic rings. The van der Waals surface area contributed by atoms with Gasteiger partial charge in [-0.3, -0.25) is 10.1 Å². The maximum atomic E-state index is 12.0. The Morgan fingerprint density at radius 3 is 2.75 bits per heavy atom. The van der Waals surface area contributed by atoms with Crippen LogP contribution in [0, 0.1) is 6.92 Å². The molecular weight excluding hydrogens is 270 g/mol. The maximum absolute atomic E-state index is 12.0. The van der Waals surface area contributed by atoms with E-state index in [1.165, 1.54) is 16.2 Å². The van der Waals surface area contributed by atoms with Gasteiger partial charge in [0.1, 0.15) is 0 Å². The van der Waals surface area contributed by atoms with Gasteiger partial charge in [0.25, 0.3) is 5.91 Å². The van der Waals surface area contributed by atoms with Crippen LogP contribution in [0.15, 0.2) is 30.5 Å². The fraction of sp³-hybridized carbons (Fsp3) is 0.333. The van der Waals surface area contributed by atoms with E-state index in [1.807, 2.05) is 37.4 Å². The van der Waals surface area contributed by atoms with Crippen LogP contribution in [0.4, 0.5) is 5.13 Å². The van der Waals surface area contributed by atoms with Gasteiger partial charge in [0, 0.05) is 16.6 Å². The van der Waals surface area contributed by atoms with Crippen molar-refractivity contribution in [3.63, 3.8) is 0 Å². The molecule has 0 radical (unpaired) electrons. The van der Waals surface area contributed by atoms with Crippen molar-refractivity contribution >= 4 is 22.4 Å². The van der Waals surface area contributed by atoms with Crippen molar-refractivity contribution in [1.82, 2.24) is 4.98 Å². The Hall–Kier alpha value is -1.72. The average molecular weight is 289 g/mol. The zero-order valence-electron chi connectivity index (χ0n) is 11.6. The topological polar surface area (TPSA) is 68.0 Å². The number of rotatable bonds is 6. The second kappa shape index (κ2) is 7.17. The molecule has 20 heavy (non-hydrogen) atoms. The van der Waals surface area contributed by atoms with Crippen LogP contribution in [-0.4, -0.2) is 17.4 Å². The first-order valence-electron chi connectivity index (χ1n) is 6.72.